The van der Waals surface area contributed by atoms with Gasteiger partial charge in [0.15, 0.2) is 0 Å². The Balaban J connectivity index is 0.00000200. The molecule has 0 aromatic carbocycles. The standard InChI is InChI=1S/C15H28N2O2.ClH/c1-12(13-6-5-9-19-13)17-14(18)10-15(11-16)7-3-2-4-8-15;/h12-13H,2-11,16H2,1H3,(H,17,18);1H. The number of rotatable bonds is 5. The molecule has 1 aliphatic carbocycles. The van der Waals surface area contributed by atoms with Crippen LogP contribution < -0.4 is 11.1 Å². The van der Waals surface area contributed by atoms with Gasteiger partial charge in [0.1, 0.15) is 0 Å². The number of ether oxygens (including phenoxy) is 1. The molecule has 1 aliphatic heterocycles. The molecular weight excluding hydrogens is 276 g/mol. The van der Waals surface area contributed by atoms with Crippen LogP contribution in [0.4, 0.5) is 0 Å². The van der Waals surface area contributed by atoms with Gasteiger partial charge in [-0.3, -0.25) is 4.79 Å². The summed E-state index contributed by atoms with van der Waals surface area (Å²) in [5.41, 5.74) is 5.99. The van der Waals surface area contributed by atoms with Gasteiger partial charge in [-0.05, 0) is 44.6 Å². The maximum atomic E-state index is 12.2. The number of carbonyl (C=O) groups excluding carboxylic acids is 1. The zero-order valence-corrected chi connectivity index (χ0v) is 13.3. The number of nitrogens with two attached hydrogens (primary N) is 1. The second-order valence-electron chi connectivity index (χ2n) is 6.35. The number of hydrogen-bond acceptors (Lipinski definition) is 3. The third-order valence-electron chi connectivity index (χ3n) is 4.79. The molecule has 3 N–H and O–H groups in total. The van der Waals surface area contributed by atoms with Gasteiger partial charge in [0.2, 0.25) is 5.91 Å². The Kier molecular flexibility index (Phi) is 7.27. The summed E-state index contributed by atoms with van der Waals surface area (Å²) in [6.07, 6.45) is 8.87. The van der Waals surface area contributed by atoms with E-state index >= 15 is 0 Å². The van der Waals surface area contributed by atoms with Crippen LogP contribution in [0.3, 0.4) is 0 Å². The van der Waals surface area contributed by atoms with Crippen LogP contribution in [0.1, 0.15) is 58.3 Å². The average Bonchev–Trinajstić information content (AvgIpc) is 2.93. The fourth-order valence-electron chi connectivity index (χ4n) is 3.49. The van der Waals surface area contributed by atoms with Crippen molar-refractivity contribution in [2.75, 3.05) is 13.2 Å². The minimum atomic E-state index is 0. The van der Waals surface area contributed by atoms with Crippen molar-refractivity contribution in [2.45, 2.75) is 70.4 Å². The third-order valence-corrected chi connectivity index (χ3v) is 4.79. The summed E-state index contributed by atoms with van der Waals surface area (Å²) in [6, 6.07) is 0.119. The van der Waals surface area contributed by atoms with Gasteiger partial charge in [0.25, 0.3) is 0 Å². The Labute approximate surface area is 128 Å². The topological polar surface area (TPSA) is 64.4 Å². The summed E-state index contributed by atoms with van der Waals surface area (Å²) < 4.78 is 5.62. The Hall–Kier alpha value is -0.320. The van der Waals surface area contributed by atoms with Crippen LogP contribution in [0.2, 0.25) is 0 Å². The molecule has 2 aliphatic rings. The SMILES string of the molecule is CC(NC(=O)CC1(CN)CCCCC1)C1CCCO1.Cl. The van der Waals surface area contributed by atoms with E-state index in [-0.39, 0.29) is 35.9 Å². The maximum Gasteiger partial charge on any atom is 0.220 e. The van der Waals surface area contributed by atoms with E-state index in [4.69, 9.17) is 10.5 Å². The molecule has 0 spiro atoms. The second-order valence-corrected chi connectivity index (χ2v) is 6.35. The van der Waals surface area contributed by atoms with Crippen molar-refractivity contribution < 1.29 is 9.53 Å². The van der Waals surface area contributed by atoms with E-state index < -0.39 is 0 Å². The molecule has 4 nitrogen and oxygen atoms in total. The number of nitrogens with one attached hydrogen (secondary N) is 1. The van der Waals surface area contributed by atoms with Crippen molar-refractivity contribution in [3.8, 4) is 0 Å². The van der Waals surface area contributed by atoms with E-state index in [0.717, 1.165) is 32.3 Å². The molecule has 2 rings (SSSR count). The van der Waals surface area contributed by atoms with Gasteiger partial charge in [-0.2, -0.15) is 0 Å². The van der Waals surface area contributed by atoms with Crippen LogP contribution in [0.25, 0.3) is 0 Å². The van der Waals surface area contributed by atoms with Crippen LogP contribution in [0, 0.1) is 5.41 Å². The molecule has 0 aromatic heterocycles. The molecule has 5 heteroatoms. The van der Waals surface area contributed by atoms with E-state index in [9.17, 15) is 4.79 Å². The summed E-state index contributed by atoms with van der Waals surface area (Å²) in [5.74, 6) is 0.148. The molecule has 0 aromatic rings. The van der Waals surface area contributed by atoms with Crippen LogP contribution in [-0.2, 0) is 9.53 Å². The van der Waals surface area contributed by atoms with Crippen molar-refractivity contribution in [3.63, 3.8) is 0 Å². The highest BCUT2D eigenvalue weighted by Crippen LogP contribution is 2.38. The van der Waals surface area contributed by atoms with Gasteiger partial charge in [-0.15, -0.1) is 12.4 Å². The summed E-state index contributed by atoms with van der Waals surface area (Å²) in [4.78, 5) is 12.2. The molecule has 20 heavy (non-hydrogen) atoms. The highest BCUT2D eigenvalue weighted by molar-refractivity contribution is 5.85. The lowest BCUT2D eigenvalue weighted by molar-refractivity contribution is -0.125. The van der Waals surface area contributed by atoms with Crippen molar-refractivity contribution in [1.82, 2.24) is 5.32 Å². The third kappa shape index (κ3) is 4.61. The predicted octanol–water partition coefficient (Wildman–Crippen LogP) is 2.39. The molecule has 1 amide bonds. The number of carbonyl (C=O) groups is 1. The second kappa shape index (κ2) is 8.20. The summed E-state index contributed by atoms with van der Waals surface area (Å²) >= 11 is 0. The summed E-state index contributed by atoms with van der Waals surface area (Å²) in [6.45, 7) is 3.51. The number of hydrogen-bond donors (Lipinski definition) is 2. The summed E-state index contributed by atoms with van der Waals surface area (Å²) in [5, 5.41) is 3.11. The van der Waals surface area contributed by atoms with E-state index in [1.165, 1.54) is 19.3 Å². The Morgan fingerprint density at radius 1 is 1.35 bits per heavy atom. The first-order valence-corrected chi connectivity index (χ1v) is 7.76. The van der Waals surface area contributed by atoms with Crippen LogP contribution in [-0.4, -0.2) is 31.2 Å². The van der Waals surface area contributed by atoms with E-state index in [1.54, 1.807) is 0 Å². The molecule has 1 heterocycles. The lowest BCUT2D eigenvalue weighted by atomic mass is 9.71. The molecule has 0 bridgehead atoms. The molecule has 118 valence electrons. The van der Waals surface area contributed by atoms with Crippen LogP contribution in [0.15, 0.2) is 0 Å². The Morgan fingerprint density at radius 2 is 2.05 bits per heavy atom. The zero-order chi connectivity index (χ0) is 13.7. The predicted molar refractivity (Wildman–Crippen MR) is 83.0 cm³/mol. The molecule has 1 saturated heterocycles. The van der Waals surface area contributed by atoms with Gasteiger partial charge in [0, 0.05) is 13.0 Å². The first-order chi connectivity index (χ1) is 9.15. The van der Waals surface area contributed by atoms with Gasteiger partial charge in [-0.25, -0.2) is 0 Å². The first kappa shape index (κ1) is 17.7. The quantitative estimate of drug-likeness (QED) is 0.819. The largest absolute Gasteiger partial charge is 0.376 e. The minimum Gasteiger partial charge on any atom is -0.376 e. The van der Waals surface area contributed by atoms with E-state index in [1.807, 2.05) is 6.92 Å². The summed E-state index contributed by atoms with van der Waals surface area (Å²) in [7, 11) is 0. The molecule has 2 atom stereocenters. The number of halogens is 1. The molecule has 2 unspecified atom stereocenters. The van der Waals surface area contributed by atoms with Gasteiger partial charge >= 0.3 is 0 Å². The lowest BCUT2D eigenvalue weighted by Gasteiger charge is -2.36. The van der Waals surface area contributed by atoms with Crippen molar-refractivity contribution >= 4 is 18.3 Å². The average molecular weight is 305 g/mol. The Morgan fingerprint density at radius 3 is 2.60 bits per heavy atom. The fraction of sp³-hybridized carbons (Fsp3) is 0.933. The van der Waals surface area contributed by atoms with Crippen molar-refractivity contribution in [2.24, 2.45) is 11.1 Å². The van der Waals surface area contributed by atoms with E-state index in [0.29, 0.717) is 13.0 Å². The first-order valence-electron chi connectivity index (χ1n) is 7.76. The van der Waals surface area contributed by atoms with Gasteiger partial charge in [0.05, 0.1) is 12.1 Å². The normalized spacial score (nSPS) is 26.6. The lowest BCUT2D eigenvalue weighted by Crippen LogP contribution is -2.44. The highest BCUT2D eigenvalue weighted by Gasteiger charge is 2.34. The molecule has 2 fully saturated rings. The zero-order valence-electron chi connectivity index (χ0n) is 12.5. The van der Waals surface area contributed by atoms with E-state index in [2.05, 4.69) is 5.32 Å². The highest BCUT2D eigenvalue weighted by atomic mass is 35.5. The Bertz CT molecular complexity index is 300. The monoisotopic (exact) mass is 304 g/mol. The number of amides is 1. The maximum absolute atomic E-state index is 12.2. The van der Waals surface area contributed by atoms with Gasteiger partial charge in [-0.1, -0.05) is 19.3 Å². The minimum absolute atomic E-state index is 0. The smallest absolute Gasteiger partial charge is 0.220 e. The fourth-order valence-corrected chi connectivity index (χ4v) is 3.49. The van der Waals surface area contributed by atoms with Crippen molar-refractivity contribution in [1.29, 1.82) is 0 Å². The van der Waals surface area contributed by atoms with Crippen LogP contribution >= 0.6 is 12.4 Å². The molecular formula is C15H29ClN2O2. The van der Waals surface area contributed by atoms with Gasteiger partial charge < -0.3 is 15.8 Å². The van der Waals surface area contributed by atoms with Crippen molar-refractivity contribution in [3.05, 3.63) is 0 Å². The molecule has 1 saturated carbocycles. The molecule has 0 radical (unpaired) electrons. The van der Waals surface area contributed by atoms with Crippen LogP contribution in [0.5, 0.6) is 0 Å².